The monoisotopic (exact) mass is 297 g/mol. The highest BCUT2D eigenvalue weighted by Gasteiger charge is 2.26. The lowest BCUT2D eigenvalue weighted by atomic mass is 9.77. The average Bonchev–Trinajstić information content (AvgIpc) is 2.26. The molecule has 1 aromatic carbocycles. The van der Waals surface area contributed by atoms with E-state index >= 15 is 0 Å². The first-order valence-corrected chi connectivity index (χ1v) is 7.03. The molecule has 3 heteroatoms. The van der Waals surface area contributed by atoms with Gasteiger partial charge in [0.05, 0.1) is 7.11 Å². The highest BCUT2D eigenvalue weighted by atomic mass is 79.9. The van der Waals surface area contributed by atoms with E-state index in [1.165, 1.54) is 24.8 Å². The molecule has 94 valence electrons. The van der Waals surface area contributed by atoms with Gasteiger partial charge < -0.3 is 10.1 Å². The topological polar surface area (TPSA) is 21.3 Å². The Labute approximate surface area is 112 Å². The predicted molar refractivity (Wildman–Crippen MR) is 74.6 cm³/mol. The fourth-order valence-corrected chi connectivity index (χ4v) is 2.90. The first kappa shape index (κ1) is 12.9. The molecule has 2 nitrogen and oxygen atoms in total. The number of likely N-dealkylation sites (N-methyl/N-ethyl adjacent to an activating group) is 1. The van der Waals surface area contributed by atoms with Gasteiger partial charge in [-0.05, 0) is 56.0 Å². The van der Waals surface area contributed by atoms with Crippen LogP contribution in [0, 0.1) is 5.92 Å². The van der Waals surface area contributed by atoms with Gasteiger partial charge in [-0.1, -0.05) is 22.4 Å². The largest absolute Gasteiger partial charge is 0.496 e. The van der Waals surface area contributed by atoms with Crippen LogP contribution in [-0.4, -0.2) is 20.2 Å². The predicted octanol–water partition coefficient (Wildman–Crippen LogP) is 3.39. The van der Waals surface area contributed by atoms with Crippen LogP contribution in [-0.2, 0) is 6.42 Å². The molecule has 0 aromatic heterocycles. The molecule has 0 aliphatic heterocycles. The van der Waals surface area contributed by atoms with Gasteiger partial charge in [0.15, 0.2) is 0 Å². The Balaban J connectivity index is 2.12. The molecule has 1 fully saturated rings. The molecule has 0 saturated heterocycles. The van der Waals surface area contributed by atoms with Crippen molar-refractivity contribution in [3.63, 3.8) is 0 Å². The van der Waals surface area contributed by atoms with E-state index in [9.17, 15) is 0 Å². The molecule has 0 bridgehead atoms. The number of hydrogen-bond acceptors (Lipinski definition) is 2. The first-order valence-electron chi connectivity index (χ1n) is 6.24. The summed E-state index contributed by atoms with van der Waals surface area (Å²) in [5, 5.41) is 3.45. The van der Waals surface area contributed by atoms with Crippen molar-refractivity contribution < 1.29 is 4.74 Å². The number of ether oxygens (including phenoxy) is 1. The molecule has 1 aliphatic rings. The van der Waals surface area contributed by atoms with Gasteiger partial charge in [0, 0.05) is 10.5 Å². The summed E-state index contributed by atoms with van der Waals surface area (Å²) in [7, 11) is 3.80. The summed E-state index contributed by atoms with van der Waals surface area (Å²) in [6, 6.07) is 6.81. The van der Waals surface area contributed by atoms with Gasteiger partial charge in [-0.25, -0.2) is 0 Å². The summed E-state index contributed by atoms with van der Waals surface area (Å²) >= 11 is 3.53. The molecule has 2 rings (SSSR count). The maximum atomic E-state index is 5.43. The molecule has 17 heavy (non-hydrogen) atoms. The number of benzene rings is 1. The Morgan fingerprint density at radius 2 is 2.24 bits per heavy atom. The summed E-state index contributed by atoms with van der Waals surface area (Å²) in [5.41, 5.74) is 1.29. The highest BCUT2D eigenvalue weighted by Crippen LogP contribution is 2.33. The normalized spacial score (nSPS) is 17.6. The zero-order valence-corrected chi connectivity index (χ0v) is 12.1. The van der Waals surface area contributed by atoms with Gasteiger partial charge in [-0.3, -0.25) is 0 Å². The molecule has 1 aliphatic carbocycles. The summed E-state index contributed by atoms with van der Waals surface area (Å²) < 4.78 is 6.55. The van der Waals surface area contributed by atoms with E-state index in [4.69, 9.17) is 4.74 Å². The van der Waals surface area contributed by atoms with E-state index in [1.54, 1.807) is 7.11 Å². The molecule has 0 spiro atoms. The maximum Gasteiger partial charge on any atom is 0.122 e. The number of hydrogen-bond donors (Lipinski definition) is 1. The standard InChI is InChI=1S/C14H20BrNO/c1-16-13(10-4-3-5-10)9-11-8-12(15)6-7-14(11)17-2/h6-8,10,13,16H,3-5,9H2,1-2H3. The van der Waals surface area contributed by atoms with Crippen LogP contribution in [0.2, 0.25) is 0 Å². The Morgan fingerprint density at radius 1 is 1.47 bits per heavy atom. The van der Waals surface area contributed by atoms with Gasteiger partial charge >= 0.3 is 0 Å². The summed E-state index contributed by atoms with van der Waals surface area (Å²) in [5.74, 6) is 1.83. The zero-order valence-electron chi connectivity index (χ0n) is 10.5. The van der Waals surface area contributed by atoms with Crippen molar-refractivity contribution >= 4 is 15.9 Å². The minimum Gasteiger partial charge on any atom is -0.496 e. The van der Waals surface area contributed by atoms with E-state index in [2.05, 4.69) is 34.4 Å². The number of nitrogens with one attached hydrogen (secondary N) is 1. The summed E-state index contributed by atoms with van der Waals surface area (Å²) in [6.45, 7) is 0. The van der Waals surface area contributed by atoms with Crippen molar-refractivity contribution in [1.29, 1.82) is 0 Å². The molecule has 0 heterocycles. The first-order chi connectivity index (χ1) is 8.24. The van der Waals surface area contributed by atoms with E-state index < -0.39 is 0 Å². The van der Waals surface area contributed by atoms with Crippen LogP contribution in [0.5, 0.6) is 5.75 Å². The Hall–Kier alpha value is -0.540. The molecular formula is C14H20BrNO. The minimum atomic E-state index is 0.576. The van der Waals surface area contributed by atoms with Crippen LogP contribution < -0.4 is 10.1 Å². The van der Waals surface area contributed by atoms with Crippen LogP contribution in [0.4, 0.5) is 0 Å². The third kappa shape index (κ3) is 3.02. The van der Waals surface area contributed by atoms with Crippen molar-refractivity contribution in [2.24, 2.45) is 5.92 Å². The molecule has 1 aromatic rings. The molecule has 0 amide bonds. The number of halogens is 1. The van der Waals surface area contributed by atoms with E-state index in [-0.39, 0.29) is 0 Å². The van der Waals surface area contributed by atoms with Crippen LogP contribution >= 0.6 is 15.9 Å². The van der Waals surface area contributed by atoms with Crippen molar-refractivity contribution in [3.8, 4) is 5.75 Å². The van der Waals surface area contributed by atoms with Gasteiger partial charge in [-0.15, -0.1) is 0 Å². The minimum absolute atomic E-state index is 0.576. The second-order valence-corrected chi connectivity index (χ2v) is 5.66. The quantitative estimate of drug-likeness (QED) is 0.899. The fourth-order valence-electron chi connectivity index (χ4n) is 2.49. The van der Waals surface area contributed by atoms with Gasteiger partial charge in [0.1, 0.15) is 5.75 Å². The lowest BCUT2D eigenvalue weighted by Crippen LogP contribution is -2.39. The van der Waals surface area contributed by atoms with Crippen molar-refractivity contribution in [2.45, 2.75) is 31.7 Å². The Morgan fingerprint density at radius 3 is 2.76 bits per heavy atom. The van der Waals surface area contributed by atoms with Crippen LogP contribution in [0.1, 0.15) is 24.8 Å². The van der Waals surface area contributed by atoms with Crippen LogP contribution in [0.15, 0.2) is 22.7 Å². The van der Waals surface area contributed by atoms with Crippen LogP contribution in [0.3, 0.4) is 0 Å². The lowest BCUT2D eigenvalue weighted by molar-refractivity contribution is 0.234. The second kappa shape index (κ2) is 5.87. The fraction of sp³-hybridized carbons (Fsp3) is 0.571. The third-order valence-corrected chi connectivity index (χ3v) is 4.27. The molecule has 1 atom stereocenters. The van der Waals surface area contributed by atoms with Gasteiger partial charge in [0.25, 0.3) is 0 Å². The van der Waals surface area contributed by atoms with E-state index in [0.717, 1.165) is 22.6 Å². The van der Waals surface area contributed by atoms with Crippen molar-refractivity contribution in [3.05, 3.63) is 28.2 Å². The SMILES string of the molecule is CNC(Cc1cc(Br)ccc1OC)C1CCC1. The number of rotatable bonds is 5. The Kier molecular flexibility index (Phi) is 4.46. The van der Waals surface area contributed by atoms with Gasteiger partial charge in [-0.2, -0.15) is 0 Å². The van der Waals surface area contributed by atoms with Crippen molar-refractivity contribution in [1.82, 2.24) is 5.32 Å². The van der Waals surface area contributed by atoms with E-state index in [0.29, 0.717) is 6.04 Å². The van der Waals surface area contributed by atoms with Crippen molar-refractivity contribution in [2.75, 3.05) is 14.2 Å². The van der Waals surface area contributed by atoms with Crippen LogP contribution in [0.25, 0.3) is 0 Å². The zero-order chi connectivity index (χ0) is 12.3. The lowest BCUT2D eigenvalue weighted by Gasteiger charge is -2.34. The maximum absolute atomic E-state index is 5.43. The third-order valence-electron chi connectivity index (χ3n) is 3.77. The molecule has 1 saturated carbocycles. The second-order valence-electron chi connectivity index (χ2n) is 4.75. The van der Waals surface area contributed by atoms with Gasteiger partial charge in [0.2, 0.25) is 0 Å². The average molecular weight is 298 g/mol. The molecule has 1 N–H and O–H groups in total. The smallest absolute Gasteiger partial charge is 0.122 e. The highest BCUT2D eigenvalue weighted by molar-refractivity contribution is 9.10. The van der Waals surface area contributed by atoms with E-state index in [1.807, 2.05) is 12.1 Å². The molecule has 1 unspecified atom stereocenters. The Bertz CT molecular complexity index is 376. The molecule has 0 radical (unpaired) electrons. The molecular weight excluding hydrogens is 278 g/mol. The summed E-state index contributed by atoms with van der Waals surface area (Å²) in [6.07, 6.45) is 5.16. The summed E-state index contributed by atoms with van der Waals surface area (Å²) in [4.78, 5) is 0. The number of methoxy groups -OCH3 is 1.